The minimum atomic E-state index is -0.841. The van der Waals surface area contributed by atoms with Gasteiger partial charge in [-0.05, 0) is 32.0 Å². The number of ether oxygens (including phenoxy) is 1. The molecule has 29 heavy (non-hydrogen) atoms. The highest BCUT2D eigenvalue weighted by atomic mass is 16.6. The van der Waals surface area contributed by atoms with Gasteiger partial charge in [-0.25, -0.2) is 4.79 Å². The van der Waals surface area contributed by atoms with Crippen LogP contribution in [0.2, 0.25) is 0 Å². The summed E-state index contributed by atoms with van der Waals surface area (Å²) in [6.45, 7) is 2.72. The van der Waals surface area contributed by atoms with E-state index in [0.29, 0.717) is 16.9 Å². The van der Waals surface area contributed by atoms with E-state index < -0.39 is 29.4 Å². The lowest BCUT2D eigenvalue weighted by Crippen LogP contribution is -2.41. The number of esters is 1. The maximum absolute atomic E-state index is 12.8. The molecular weight excluding hydrogens is 378 g/mol. The van der Waals surface area contributed by atoms with Crippen LogP contribution in [0.3, 0.4) is 0 Å². The van der Waals surface area contributed by atoms with Crippen LogP contribution in [0.4, 0.5) is 17.1 Å². The molecule has 9 heteroatoms. The molecule has 2 amide bonds. The van der Waals surface area contributed by atoms with Gasteiger partial charge < -0.3 is 15.0 Å². The maximum Gasteiger partial charge on any atom is 0.338 e. The van der Waals surface area contributed by atoms with Crippen LogP contribution < -0.4 is 10.2 Å². The Hall–Kier alpha value is -3.75. The molecule has 150 valence electrons. The number of nitrogens with zero attached hydrogens (tertiary/aromatic N) is 2. The zero-order valence-electron chi connectivity index (χ0n) is 15.9. The summed E-state index contributed by atoms with van der Waals surface area (Å²) in [5.74, 6) is -1.56. The number of carbonyl (C=O) groups is 3. The highest BCUT2D eigenvalue weighted by Crippen LogP contribution is 2.31. The van der Waals surface area contributed by atoms with Crippen molar-refractivity contribution in [1.82, 2.24) is 0 Å². The molecule has 0 aliphatic carbocycles. The van der Waals surface area contributed by atoms with E-state index in [1.807, 2.05) is 0 Å². The highest BCUT2D eigenvalue weighted by molar-refractivity contribution is 6.05. The summed E-state index contributed by atoms with van der Waals surface area (Å²) >= 11 is 0. The molecule has 1 N–H and O–H groups in total. The number of aryl methyl sites for hydroxylation is 1. The minimum Gasteiger partial charge on any atom is -0.452 e. The van der Waals surface area contributed by atoms with Gasteiger partial charge in [0.05, 0.1) is 21.9 Å². The summed E-state index contributed by atoms with van der Waals surface area (Å²) in [5.41, 5.74) is 1.20. The third-order valence-electron chi connectivity index (χ3n) is 4.60. The topological polar surface area (TPSA) is 119 Å². The molecule has 0 saturated heterocycles. The van der Waals surface area contributed by atoms with E-state index in [1.54, 1.807) is 38.1 Å². The van der Waals surface area contributed by atoms with E-state index in [9.17, 15) is 24.5 Å². The smallest absolute Gasteiger partial charge is 0.338 e. The lowest BCUT2D eigenvalue weighted by molar-refractivity contribution is -0.385. The maximum atomic E-state index is 12.8. The molecule has 1 aliphatic rings. The molecule has 3 rings (SSSR count). The Morgan fingerprint density at radius 3 is 2.72 bits per heavy atom. The van der Waals surface area contributed by atoms with Crippen molar-refractivity contribution in [1.29, 1.82) is 0 Å². The zero-order chi connectivity index (χ0) is 21.1. The number of amides is 2. The van der Waals surface area contributed by atoms with Gasteiger partial charge in [-0.15, -0.1) is 0 Å². The van der Waals surface area contributed by atoms with Gasteiger partial charge in [0.2, 0.25) is 5.91 Å². The minimum absolute atomic E-state index is 0.0174. The number of fused-ring (bicyclic) bond motifs is 1. The summed E-state index contributed by atoms with van der Waals surface area (Å²) in [4.78, 5) is 48.9. The fourth-order valence-corrected chi connectivity index (χ4v) is 3.18. The van der Waals surface area contributed by atoms with Crippen molar-refractivity contribution in [2.45, 2.75) is 26.3 Å². The van der Waals surface area contributed by atoms with Gasteiger partial charge in [0.25, 0.3) is 11.6 Å². The number of para-hydroxylation sites is 2. The summed E-state index contributed by atoms with van der Waals surface area (Å²) in [6.07, 6.45) is 0.0958. The highest BCUT2D eigenvalue weighted by Gasteiger charge is 2.30. The Bertz CT molecular complexity index is 1000. The third kappa shape index (κ3) is 4.23. The molecule has 1 aliphatic heterocycles. The number of benzene rings is 2. The van der Waals surface area contributed by atoms with Gasteiger partial charge in [-0.2, -0.15) is 0 Å². The predicted octanol–water partition coefficient (Wildman–Crippen LogP) is 2.82. The van der Waals surface area contributed by atoms with E-state index in [0.717, 1.165) is 6.07 Å². The SMILES string of the molecule is Cc1ccc(C(=O)OCC(=O)N2c3ccccc3NC(=O)C[C@H]2C)cc1[N+](=O)[O-]. The van der Waals surface area contributed by atoms with Crippen LogP contribution in [-0.2, 0) is 14.3 Å². The van der Waals surface area contributed by atoms with E-state index >= 15 is 0 Å². The Balaban J connectivity index is 1.77. The first-order valence-electron chi connectivity index (χ1n) is 8.91. The predicted molar refractivity (Wildman–Crippen MR) is 105 cm³/mol. The lowest BCUT2D eigenvalue weighted by Gasteiger charge is -2.27. The average molecular weight is 397 g/mol. The number of anilines is 2. The van der Waals surface area contributed by atoms with E-state index in [-0.39, 0.29) is 23.6 Å². The third-order valence-corrected chi connectivity index (χ3v) is 4.60. The Morgan fingerprint density at radius 2 is 2.00 bits per heavy atom. The number of nitrogens with one attached hydrogen (secondary N) is 1. The van der Waals surface area contributed by atoms with Crippen molar-refractivity contribution in [3.8, 4) is 0 Å². The van der Waals surface area contributed by atoms with Gasteiger partial charge >= 0.3 is 5.97 Å². The molecule has 2 aromatic rings. The van der Waals surface area contributed by atoms with Crippen LogP contribution in [0.5, 0.6) is 0 Å². The van der Waals surface area contributed by atoms with Gasteiger partial charge in [0, 0.05) is 24.1 Å². The van der Waals surface area contributed by atoms with E-state index in [4.69, 9.17) is 4.74 Å². The molecule has 0 spiro atoms. The van der Waals surface area contributed by atoms with Crippen molar-refractivity contribution >= 4 is 34.8 Å². The van der Waals surface area contributed by atoms with Crippen molar-refractivity contribution in [2.75, 3.05) is 16.8 Å². The van der Waals surface area contributed by atoms with Crippen LogP contribution in [0, 0.1) is 17.0 Å². The average Bonchev–Trinajstić information content (AvgIpc) is 2.80. The summed E-state index contributed by atoms with van der Waals surface area (Å²) in [7, 11) is 0. The summed E-state index contributed by atoms with van der Waals surface area (Å²) in [6, 6.07) is 10.4. The van der Waals surface area contributed by atoms with E-state index in [2.05, 4.69) is 5.32 Å². The molecule has 0 aromatic heterocycles. The first kappa shape index (κ1) is 20.0. The largest absolute Gasteiger partial charge is 0.452 e. The van der Waals surface area contributed by atoms with Crippen molar-refractivity contribution in [3.05, 3.63) is 63.7 Å². The first-order chi connectivity index (χ1) is 13.8. The van der Waals surface area contributed by atoms with Crippen LogP contribution in [0.25, 0.3) is 0 Å². The zero-order valence-corrected chi connectivity index (χ0v) is 15.9. The molecule has 0 fully saturated rings. The second-order valence-electron chi connectivity index (χ2n) is 6.72. The fraction of sp³-hybridized carbons (Fsp3) is 0.250. The van der Waals surface area contributed by atoms with Crippen molar-refractivity contribution < 1.29 is 24.0 Å². The second kappa shape index (κ2) is 8.09. The molecule has 2 aromatic carbocycles. The Kier molecular flexibility index (Phi) is 5.58. The standard InChI is InChI=1S/C20H19N3O6/c1-12-7-8-14(10-17(12)23(27)28)20(26)29-11-19(25)22-13(2)9-18(24)21-15-5-3-4-6-16(15)22/h3-8,10,13H,9,11H2,1-2H3,(H,21,24)/t13-/m1/s1. The molecule has 0 saturated carbocycles. The fourth-order valence-electron chi connectivity index (χ4n) is 3.18. The normalized spacial score (nSPS) is 15.7. The summed E-state index contributed by atoms with van der Waals surface area (Å²) < 4.78 is 5.09. The van der Waals surface area contributed by atoms with Crippen LogP contribution >= 0.6 is 0 Å². The Labute approximate surface area is 166 Å². The number of carbonyl (C=O) groups excluding carboxylic acids is 3. The molecule has 1 heterocycles. The van der Waals surface area contributed by atoms with Crippen LogP contribution in [0.15, 0.2) is 42.5 Å². The van der Waals surface area contributed by atoms with Crippen LogP contribution in [0.1, 0.15) is 29.3 Å². The molecular formula is C20H19N3O6. The summed E-state index contributed by atoms with van der Waals surface area (Å²) in [5, 5.41) is 13.8. The number of nitro groups is 1. The molecule has 1 atom stereocenters. The van der Waals surface area contributed by atoms with E-state index in [1.165, 1.54) is 17.0 Å². The number of hydrogen-bond acceptors (Lipinski definition) is 6. The number of rotatable bonds is 4. The molecule has 0 radical (unpaired) electrons. The lowest BCUT2D eigenvalue weighted by atomic mass is 10.1. The molecule has 0 bridgehead atoms. The molecule has 0 unspecified atom stereocenters. The van der Waals surface area contributed by atoms with Gasteiger partial charge in [0.15, 0.2) is 6.61 Å². The first-order valence-corrected chi connectivity index (χ1v) is 8.91. The van der Waals surface area contributed by atoms with Crippen molar-refractivity contribution in [2.24, 2.45) is 0 Å². The number of nitro benzene ring substituents is 1. The quantitative estimate of drug-likeness (QED) is 0.481. The second-order valence-corrected chi connectivity index (χ2v) is 6.72. The van der Waals surface area contributed by atoms with Crippen LogP contribution in [-0.4, -0.2) is 35.4 Å². The number of hydrogen-bond donors (Lipinski definition) is 1. The van der Waals surface area contributed by atoms with Gasteiger partial charge in [0.1, 0.15) is 0 Å². The van der Waals surface area contributed by atoms with Gasteiger partial charge in [-0.3, -0.25) is 19.7 Å². The van der Waals surface area contributed by atoms with Crippen molar-refractivity contribution in [3.63, 3.8) is 0 Å². The Morgan fingerprint density at radius 1 is 1.28 bits per heavy atom. The van der Waals surface area contributed by atoms with Gasteiger partial charge in [-0.1, -0.05) is 18.2 Å². The monoisotopic (exact) mass is 397 g/mol. The molecule has 9 nitrogen and oxygen atoms in total.